The van der Waals surface area contributed by atoms with Crippen LogP contribution in [0.3, 0.4) is 0 Å². The normalized spacial score (nSPS) is 10.9. The number of hydrogen-bond acceptors (Lipinski definition) is 6. The fourth-order valence-corrected chi connectivity index (χ4v) is 2.13. The van der Waals surface area contributed by atoms with Crippen molar-refractivity contribution in [1.82, 2.24) is 4.98 Å². The molecule has 120 valence electrons. The average Bonchev–Trinajstić information content (AvgIpc) is 3.04. The first-order valence-electron chi connectivity index (χ1n) is 6.87. The van der Waals surface area contributed by atoms with Crippen LogP contribution in [0.1, 0.15) is 5.76 Å². The van der Waals surface area contributed by atoms with E-state index in [1.807, 2.05) is 18.2 Å². The van der Waals surface area contributed by atoms with Gasteiger partial charge in [-0.05, 0) is 30.3 Å². The topological polar surface area (TPSA) is 93.6 Å². The lowest BCUT2D eigenvalue weighted by Crippen LogP contribution is -1.94. The Labute approximate surface area is 141 Å². The van der Waals surface area contributed by atoms with Gasteiger partial charge in [0.2, 0.25) is 0 Å². The second kappa shape index (κ2) is 6.93. The molecular weight excluding hydrogens is 332 g/mol. The standard InChI is InChI=1S/C16H11ClN4O3/c17-12-3-1-2-11(8-12)15-6-5-14(24-15)10-19-20-16-7-4-13(9-18-16)21(22)23/h1-10H,(H,18,20)/b19-10+. The summed E-state index contributed by atoms with van der Waals surface area (Å²) in [6, 6.07) is 13.7. The van der Waals surface area contributed by atoms with E-state index in [0.29, 0.717) is 22.4 Å². The quantitative estimate of drug-likeness (QED) is 0.422. The predicted octanol–water partition coefficient (Wildman–Crippen LogP) is 4.35. The third-order valence-corrected chi connectivity index (χ3v) is 3.30. The molecule has 8 heteroatoms. The van der Waals surface area contributed by atoms with E-state index in [0.717, 1.165) is 11.8 Å². The molecule has 0 aliphatic heterocycles. The molecular formula is C16H11ClN4O3. The molecule has 0 unspecified atom stereocenters. The van der Waals surface area contributed by atoms with E-state index in [9.17, 15) is 10.1 Å². The molecule has 0 fully saturated rings. The molecule has 24 heavy (non-hydrogen) atoms. The monoisotopic (exact) mass is 342 g/mol. The van der Waals surface area contributed by atoms with Gasteiger partial charge in [-0.15, -0.1) is 0 Å². The van der Waals surface area contributed by atoms with E-state index < -0.39 is 4.92 Å². The van der Waals surface area contributed by atoms with E-state index in [-0.39, 0.29) is 5.69 Å². The Bertz CT molecular complexity index is 890. The van der Waals surface area contributed by atoms with Crippen molar-refractivity contribution in [3.05, 3.63) is 75.6 Å². The van der Waals surface area contributed by atoms with Crippen LogP contribution in [0.25, 0.3) is 11.3 Å². The Morgan fingerprint density at radius 2 is 2.12 bits per heavy atom. The van der Waals surface area contributed by atoms with Crippen LogP contribution in [0.2, 0.25) is 5.02 Å². The molecule has 2 aromatic heterocycles. The SMILES string of the molecule is O=[N+]([O-])c1ccc(N/N=C/c2ccc(-c3cccc(Cl)c3)o2)nc1. The maximum atomic E-state index is 10.5. The highest BCUT2D eigenvalue weighted by molar-refractivity contribution is 6.30. The number of pyridine rings is 1. The smallest absolute Gasteiger partial charge is 0.287 e. The Kier molecular flexibility index (Phi) is 4.53. The van der Waals surface area contributed by atoms with Crippen LogP contribution in [0.5, 0.6) is 0 Å². The Balaban J connectivity index is 1.66. The van der Waals surface area contributed by atoms with Gasteiger partial charge in [-0.2, -0.15) is 5.10 Å². The number of nitrogens with one attached hydrogen (secondary N) is 1. The van der Waals surface area contributed by atoms with Crippen molar-refractivity contribution in [3.63, 3.8) is 0 Å². The number of anilines is 1. The van der Waals surface area contributed by atoms with E-state index >= 15 is 0 Å². The zero-order valence-corrected chi connectivity index (χ0v) is 13.0. The number of halogens is 1. The van der Waals surface area contributed by atoms with Gasteiger partial charge in [-0.25, -0.2) is 4.98 Å². The molecule has 0 saturated carbocycles. The lowest BCUT2D eigenvalue weighted by Gasteiger charge is -1.98. The minimum Gasteiger partial charge on any atom is -0.455 e. The maximum absolute atomic E-state index is 10.5. The Morgan fingerprint density at radius 3 is 2.83 bits per heavy atom. The van der Waals surface area contributed by atoms with Crippen LogP contribution in [0.15, 0.2) is 64.2 Å². The molecule has 0 saturated heterocycles. The van der Waals surface area contributed by atoms with Crippen molar-refractivity contribution in [2.75, 3.05) is 5.43 Å². The summed E-state index contributed by atoms with van der Waals surface area (Å²) >= 11 is 5.96. The van der Waals surface area contributed by atoms with E-state index in [1.165, 1.54) is 18.3 Å². The summed E-state index contributed by atoms with van der Waals surface area (Å²) in [6.07, 6.45) is 2.64. The summed E-state index contributed by atoms with van der Waals surface area (Å²) in [5.41, 5.74) is 3.46. The first-order chi connectivity index (χ1) is 11.6. The van der Waals surface area contributed by atoms with Crippen LogP contribution in [-0.2, 0) is 0 Å². The summed E-state index contributed by atoms with van der Waals surface area (Å²) in [6.45, 7) is 0. The van der Waals surface area contributed by atoms with Gasteiger partial charge >= 0.3 is 0 Å². The average molecular weight is 343 g/mol. The van der Waals surface area contributed by atoms with Crippen molar-refractivity contribution in [2.24, 2.45) is 5.10 Å². The van der Waals surface area contributed by atoms with Gasteiger partial charge in [0.15, 0.2) is 0 Å². The third-order valence-electron chi connectivity index (χ3n) is 3.07. The van der Waals surface area contributed by atoms with E-state index in [4.69, 9.17) is 16.0 Å². The predicted molar refractivity (Wildman–Crippen MR) is 91.3 cm³/mol. The second-order valence-corrected chi connectivity index (χ2v) is 5.18. The summed E-state index contributed by atoms with van der Waals surface area (Å²) in [4.78, 5) is 13.9. The molecule has 3 rings (SSSR count). The van der Waals surface area contributed by atoms with Gasteiger partial charge in [0.25, 0.3) is 5.69 Å². The van der Waals surface area contributed by atoms with Gasteiger partial charge in [0, 0.05) is 16.7 Å². The number of aromatic nitrogens is 1. The number of nitrogens with zero attached hydrogens (tertiary/aromatic N) is 3. The van der Waals surface area contributed by atoms with E-state index in [2.05, 4.69) is 15.5 Å². The zero-order valence-electron chi connectivity index (χ0n) is 12.2. The minimum absolute atomic E-state index is 0.0817. The molecule has 0 aliphatic rings. The number of nitro groups is 1. The molecule has 0 atom stereocenters. The number of hydrazone groups is 1. The van der Waals surface area contributed by atoms with E-state index in [1.54, 1.807) is 18.2 Å². The molecule has 0 aliphatic carbocycles. The molecule has 7 nitrogen and oxygen atoms in total. The molecule has 0 bridgehead atoms. The first-order valence-corrected chi connectivity index (χ1v) is 7.25. The lowest BCUT2D eigenvalue weighted by molar-refractivity contribution is -0.385. The summed E-state index contributed by atoms with van der Waals surface area (Å²) in [7, 11) is 0. The van der Waals surface area contributed by atoms with Crippen LogP contribution >= 0.6 is 11.6 Å². The molecule has 3 aromatic rings. The molecule has 0 spiro atoms. The summed E-state index contributed by atoms with van der Waals surface area (Å²) in [5.74, 6) is 1.60. The zero-order chi connectivity index (χ0) is 16.9. The van der Waals surface area contributed by atoms with Gasteiger partial charge in [0.1, 0.15) is 23.5 Å². The van der Waals surface area contributed by atoms with Crippen LogP contribution in [0.4, 0.5) is 11.5 Å². The van der Waals surface area contributed by atoms with Gasteiger partial charge < -0.3 is 4.42 Å². The number of benzene rings is 1. The second-order valence-electron chi connectivity index (χ2n) is 4.74. The van der Waals surface area contributed by atoms with Gasteiger partial charge in [-0.1, -0.05) is 23.7 Å². The highest BCUT2D eigenvalue weighted by Crippen LogP contribution is 2.24. The van der Waals surface area contributed by atoms with Crippen molar-refractivity contribution < 1.29 is 9.34 Å². The summed E-state index contributed by atoms with van der Waals surface area (Å²) < 4.78 is 5.66. The third kappa shape index (κ3) is 3.76. The summed E-state index contributed by atoms with van der Waals surface area (Å²) in [5, 5.41) is 15.2. The fourth-order valence-electron chi connectivity index (χ4n) is 1.94. The van der Waals surface area contributed by atoms with Crippen LogP contribution in [-0.4, -0.2) is 16.1 Å². The number of hydrogen-bond donors (Lipinski definition) is 1. The fraction of sp³-hybridized carbons (Fsp3) is 0. The molecule has 1 N–H and O–H groups in total. The Morgan fingerprint density at radius 1 is 1.25 bits per heavy atom. The molecule has 0 radical (unpaired) electrons. The largest absolute Gasteiger partial charge is 0.455 e. The maximum Gasteiger partial charge on any atom is 0.287 e. The highest BCUT2D eigenvalue weighted by atomic mass is 35.5. The van der Waals surface area contributed by atoms with Crippen molar-refractivity contribution in [2.45, 2.75) is 0 Å². The molecule has 0 amide bonds. The van der Waals surface area contributed by atoms with Crippen molar-refractivity contribution >= 4 is 29.3 Å². The van der Waals surface area contributed by atoms with Crippen molar-refractivity contribution in [1.29, 1.82) is 0 Å². The van der Waals surface area contributed by atoms with Crippen LogP contribution in [0, 0.1) is 10.1 Å². The van der Waals surface area contributed by atoms with Crippen LogP contribution < -0.4 is 5.43 Å². The van der Waals surface area contributed by atoms with Crippen molar-refractivity contribution in [3.8, 4) is 11.3 Å². The number of rotatable bonds is 5. The first kappa shape index (κ1) is 15.7. The number of furan rings is 1. The van der Waals surface area contributed by atoms with Gasteiger partial charge in [-0.3, -0.25) is 15.5 Å². The van der Waals surface area contributed by atoms with Gasteiger partial charge in [0.05, 0.1) is 11.1 Å². The Hall–Kier alpha value is -3.19. The minimum atomic E-state index is -0.514. The molecule has 2 heterocycles. The molecule has 1 aromatic carbocycles. The highest BCUT2D eigenvalue weighted by Gasteiger charge is 2.05. The lowest BCUT2D eigenvalue weighted by atomic mass is 10.2.